The summed E-state index contributed by atoms with van der Waals surface area (Å²) < 4.78 is 17.1. The second-order valence-electron chi connectivity index (χ2n) is 5.71. The Morgan fingerprint density at radius 1 is 1.17 bits per heavy atom. The van der Waals surface area contributed by atoms with E-state index in [1.54, 1.807) is 14.2 Å². The lowest BCUT2D eigenvalue weighted by Crippen LogP contribution is -2.47. The van der Waals surface area contributed by atoms with Crippen LogP contribution in [-0.4, -0.2) is 41.2 Å². The zero-order valence-corrected chi connectivity index (χ0v) is 14.1. The second-order valence-corrected chi connectivity index (χ2v) is 8.63. The summed E-state index contributed by atoms with van der Waals surface area (Å²) in [6, 6.07) is 0.855. The van der Waals surface area contributed by atoms with Gasteiger partial charge in [0.05, 0.1) is 0 Å². The molecule has 0 radical (unpaired) electrons. The lowest BCUT2D eigenvalue weighted by molar-refractivity contribution is 0.0605. The van der Waals surface area contributed by atoms with Crippen molar-refractivity contribution in [3.63, 3.8) is 0 Å². The molecule has 18 heavy (non-hydrogen) atoms. The molecule has 0 saturated heterocycles. The first-order valence-corrected chi connectivity index (χ1v) is 8.75. The molecular formula is C13H31NO3Si. The van der Waals surface area contributed by atoms with Crippen LogP contribution < -0.4 is 5.32 Å². The van der Waals surface area contributed by atoms with Crippen molar-refractivity contribution in [2.75, 3.05) is 20.8 Å². The van der Waals surface area contributed by atoms with Gasteiger partial charge in [-0.25, -0.2) is 0 Å². The molecule has 1 N–H and O–H groups in total. The fourth-order valence-electron chi connectivity index (χ4n) is 1.60. The van der Waals surface area contributed by atoms with Crippen molar-refractivity contribution in [1.29, 1.82) is 0 Å². The molecule has 110 valence electrons. The highest BCUT2D eigenvalue weighted by molar-refractivity contribution is 6.60. The van der Waals surface area contributed by atoms with Gasteiger partial charge < -0.3 is 18.6 Å². The Kier molecular flexibility index (Phi) is 8.30. The van der Waals surface area contributed by atoms with E-state index >= 15 is 0 Å². The average Bonchev–Trinajstić information content (AvgIpc) is 2.31. The van der Waals surface area contributed by atoms with Gasteiger partial charge in [0.25, 0.3) is 0 Å². The third-order valence-electron chi connectivity index (χ3n) is 2.89. The van der Waals surface area contributed by atoms with Crippen LogP contribution in [-0.2, 0) is 13.3 Å². The van der Waals surface area contributed by atoms with E-state index in [1.807, 2.05) is 0 Å². The molecule has 0 spiro atoms. The molecule has 1 unspecified atom stereocenters. The number of rotatable bonds is 9. The third-order valence-corrected chi connectivity index (χ3v) is 5.86. The Balaban J connectivity index is 4.18. The first kappa shape index (κ1) is 18.1. The van der Waals surface area contributed by atoms with E-state index in [0.29, 0.717) is 0 Å². The largest absolute Gasteiger partial charge is 0.500 e. The summed E-state index contributed by atoms with van der Waals surface area (Å²) in [5.74, 6) is 0. The van der Waals surface area contributed by atoms with Crippen LogP contribution in [0.3, 0.4) is 0 Å². The predicted molar refractivity (Wildman–Crippen MR) is 77.8 cm³/mol. The molecule has 4 nitrogen and oxygen atoms in total. The van der Waals surface area contributed by atoms with E-state index in [9.17, 15) is 0 Å². The molecule has 0 amide bonds. The maximum Gasteiger partial charge on any atom is 0.500 e. The molecule has 0 saturated carbocycles. The molecule has 0 heterocycles. The molecule has 0 aliphatic rings. The highest BCUT2D eigenvalue weighted by atomic mass is 28.4. The topological polar surface area (TPSA) is 39.7 Å². The van der Waals surface area contributed by atoms with Crippen LogP contribution in [0.4, 0.5) is 0 Å². The van der Waals surface area contributed by atoms with Gasteiger partial charge in [0.2, 0.25) is 0 Å². The molecule has 0 rings (SSSR count). The average molecular weight is 277 g/mol. The maximum atomic E-state index is 5.98. The van der Waals surface area contributed by atoms with Crippen LogP contribution >= 0.6 is 0 Å². The molecule has 0 aromatic heterocycles. The van der Waals surface area contributed by atoms with E-state index in [1.165, 1.54) is 0 Å². The zero-order valence-electron chi connectivity index (χ0n) is 13.1. The smallest absolute Gasteiger partial charge is 0.377 e. The SMILES string of the molecule is CCC(C)O[Si](CCCNC(C)(C)C)(OC)OC. The fraction of sp³-hybridized carbons (Fsp3) is 1.00. The third kappa shape index (κ3) is 7.48. The molecule has 0 aliphatic heterocycles. The van der Waals surface area contributed by atoms with Gasteiger partial charge in [0.1, 0.15) is 0 Å². The van der Waals surface area contributed by atoms with Gasteiger partial charge >= 0.3 is 8.80 Å². The van der Waals surface area contributed by atoms with Gasteiger partial charge in [-0.15, -0.1) is 0 Å². The van der Waals surface area contributed by atoms with Gasteiger partial charge in [-0.3, -0.25) is 0 Å². The van der Waals surface area contributed by atoms with E-state index in [4.69, 9.17) is 13.3 Å². The zero-order chi connectivity index (χ0) is 14.2. The van der Waals surface area contributed by atoms with Crippen molar-refractivity contribution in [3.05, 3.63) is 0 Å². The van der Waals surface area contributed by atoms with Crippen LogP contribution in [0.1, 0.15) is 47.5 Å². The molecule has 0 aromatic carbocycles. The lowest BCUT2D eigenvalue weighted by Gasteiger charge is -2.30. The van der Waals surface area contributed by atoms with E-state index < -0.39 is 8.80 Å². The molecular weight excluding hydrogens is 246 g/mol. The molecule has 0 aliphatic carbocycles. The number of nitrogens with one attached hydrogen (secondary N) is 1. The summed E-state index contributed by atoms with van der Waals surface area (Å²) >= 11 is 0. The Labute approximate surface area is 114 Å². The predicted octanol–water partition coefficient (Wildman–Crippen LogP) is 2.81. The summed E-state index contributed by atoms with van der Waals surface area (Å²) in [6.45, 7) is 11.6. The summed E-state index contributed by atoms with van der Waals surface area (Å²) in [7, 11) is 0.916. The minimum atomic E-state index is -2.46. The van der Waals surface area contributed by atoms with Gasteiger partial charge in [-0.05, 0) is 47.1 Å². The summed E-state index contributed by atoms with van der Waals surface area (Å²) in [5, 5.41) is 3.47. The number of hydrogen-bond acceptors (Lipinski definition) is 4. The minimum absolute atomic E-state index is 0.155. The molecule has 0 aromatic rings. The summed E-state index contributed by atoms with van der Waals surface area (Å²) in [6.07, 6.45) is 2.16. The molecule has 0 fully saturated rings. The van der Waals surface area contributed by atoms with Crippen molar-refractivity contribution in [1.82, 2.24) is 5.32 Å². The van der Waals surface area contributed by atoms with Crippen molar-refractivity contribution in [2.45, 2.75) is 65.1 Å². The van der Waals surface area contributed by atoms with Gasteiger partial charge in [-0.1, -0.05) is 6.92 Å². The minimum Gasteiger partial charge on any atom is -0.377 e. The van der Waals surface area contributed by atoms with E-state index in [0.717, 1.165) is 25.4 Å². The Morgan fingerprint density at radius 2 is 1.72 bits per heavy atom. The Bertz CT molecular complexity index is 215. The van der Waals surface area contributed by atoms with Crippen LogP contribution in [0.15, 0.2) is 0 Å². The highest BCUT2D eigenvalue weighted by Gasteiger charge is 2.39. The Morgan fingerprint density at radius 3 is 2.11 bits per heavy atom. The molecule has 5 heteroatoms. The van der Waals surface area contributed by atoms with Crippen molar-refractivity contribution < 1.29 is 13.3 Å². The van der Waals surface area contributed by atoms with E-state index in [-0.39, 0.29) is 11.6 Å². The molecule has 1 atom stereocenters. The van der Waals surface area contributed by atoms with Gasteiger partial charge in [-0.2, -0.15) is 0 Å². The number of hydrogen-bond donors (Lipinski definition) is 1. The van der Waals surface area contributed by atoms with Gasteiger partial charge in [0, 0.05) is 31.9 Å². The van der Waals surface area contributed by atoms with Crippen LogP contribution in [0.2, 0.25) is 6.04 Å². The summed E-state index contributed by atoms with van der Waals surface area (Å²) in [5.41, 5.74) is 0.155. The van der Waals surface area contributed by atoms with Crippen LogP contribution in [0, 0.1) is 0 Å². The van der Waals surface area contributed by atoms with E-state index in [2.05, 4.69) is 39.9 Å². The Hall–Kier alpha value is 0.0569. The fourth-order valence-corrected chi connectivity index (χ4v) is 3.88. The first-order valence-electron chi connectivity index (χ1n) is 6.81. The highest BCUT2D eigenvalue weighted by Crippen LogP contribution is 2.19. The lowest BCUT2D eigenvalue weighted by atomic mass is 10.1. The van der Waals surface area contributed by atoms with Crippen LogP contribution in [0.5, 0.6) is 0 Å². The van der Waals surface area contributed by atoms with Crippen molar-refractivity contribution in [2.24, 2.45) is 0 Å². The van der Waals surface area contributed by atoms with Crippen LogP contribution in [0.25, 0.3) is 0 Å². The molecule has 0 bridgehead atoms. The maximum absolute atomic E-state index is 5.98. The first-order chi connectivity index (χ1) is 8.28. The summed E-state index contributed by atoms with van der Waals surface area (Å²) in [4.78, 5) is 0. The van der Waals surface area contributed by atoms with Crippen molar-refractivity contribution in [3.8, 4) is 0 Å². The standard InChI is InChI=1S/C13H31NO3Si/c1-8-12(2)17-18(15-6,16-7)11-9-10-14-13(3,4)5/h12,14H,8-11H2,1-7H3. The second kappa shape index (κ2) is 8.27. The van der Waals surface area contributed by atoms with Gasteiger partial charge in [0.15, 0.2) is 0 Å². The normalized spacial score (nSPS) is 14.8. The quantitative estimate of drug-likeness (QED) is 0.520. The van der Waals surface area contributed by atoms with Crippen molar-refractivity contribution >= 4 is 8.80 Å². The monoisotopic (exact) mass is 277 g/mol.